The monoisotopic (exact) mass is 645 g/mol. The second-order valence-electron chi connectivity index (χ2n) is 9.06. The third-order valence-electron chi connectivity index (χ3n) is 6.42. The van der Waals surface area contributed by atoms with Gasteiger partial charge in [-0.15, -0.1) is 16.4 Å². The normalized spacial score (nSPS) is 20.4. The molecule has 4 heterocycles. The van der Waals surface area contributed by atoms with E-state index in [0.29, 0.717) is 16.5 Å². The summed E-state index contributed by atoms with van der Waals surface area (Å²) >= 11 is 14.7. The molecule has 5 rings (SSSR count). The number of carbonyl (C=O) groups is 3. The van der Waals surface area contributed by atoms with Gasteiger partial charge in [-0.2, -0.15) is 21.7 Å². The first-order chi connectivity index (χ1) is 19.0. The predicted octanol–water partition coefficient (Wildman–Crippen LogP) is 2.61. The summed E-state index contributed by atoms with van der Waals surface area (Å²) < 4.78 is 29.8. The quantitative estimate of drug-likeness (QED) is 0.348. The van der Waals surface area contributed by atoms with Crippen LogP contribution in [0.25, 0.3) is 0 Å². The zero-order chi connectivity index (χ0) is 28.8. The first kappa shape index (κ1) is 29.1. The Hall–Kier alpha value is -2.37. The summed E-state index contributed by atoms with van der Waals surface area (Å²) in [7, 11) is -4.00. The molecule has 40 heavy (non-hydrogen) atoms. The zero-order valence-electron chi connectivity index (χ0n) is 20.4. The highest BCUT2D eigenvalue weighted by Crippen LogP contribution is 2.32. The number of hydrogen-bond donors (Lipinski definition) is 2. The topological polar surface area (TPSA) is 163 Å². The van der Waals surface area contributed by atoms with Crippen LogP contribution in [0.1, 0.15) is 43.8 Å². The maximum Gasteiger partial charge on any atom is 0.337 e. The maximum atomic E-state index is 13.5. The van der Waals surface area contributed by atoms with Crippen molar-refractivity contribution in [3.8, 4) is 0 Å². The van der Waals surface area contributed by atoms with Gasteiger partial charge in [-0.3, -0.25) is 9.59 Å². The van der Waals surface area contributed by atoms with E-state index in [9.17, 15) is 33.0 Å². The van der Waals surface area contributed by atoms with Gasteiger partial charge < -0.3 is 10.2 Å². The van der Waals surface area contributed by atoms with Crippen molar-refractivity contribution in [3.05, 3.63) is 61.5 Å². The molecule has 0 spiro atoms. The molecule has 0 amide bonds. The number of hydrogen-bond acceptors (Lipinski definition) is 10. The van der Waals surface area contributed by atoms with Gasteiger partial charge in [0.15, 0.2) is 16.8 Å². The largest absolute Gasteiger partial charge is 0.478 e. The molecule has 2 aromatic heterocycles. The number of nitrogens with zero attached hydrogens (tertiary/aromatic N) is 5. The van der Waals surface area contributed by atoms with E-state index < -0.39 is 46.4 Å². The summed E-state index contributed by atoms with van der Waals surface area (Å²) in [6.07, 6.45) is -0.461. The van der Waals surface area contributed by atoms with Crippen molar-refractivity contribution in [2.75, 3.05) is 26.2 Å². The molecule has 2 unspecified atom stereocenters. The third kappa shape index (κ3) is 5.69. The van der Waals surface area contributed by atoms with Gasteiger partial charge in [0, 0.05) is 30.3 Å². The molecule has 2 atom stereocenters. The number of thiophene rings is 1. The molecule has 2 fully saturated rings. The number of aliphatic hydroxyl groups excluding tert-OH is 1. The van der Waals surface area contributed by atoms with E-state index in [-0.39, 0.29) is 46.8 Å². The lowest BCUT2D eigenvalue weighted by molar-refractivity contribution is -0.117. The molecule has 12 nitrogen and oxygen atoms in total. The predicted molar refractivity (Wildman–Crippen MR) is 147 cm³/mol. The van der Waals surface area contributed by atoms with Crippen molar-refractivity contribution >= 4 is 74.2 Å². The van der Waals surface area contributed by atoms with Crippen molar-refractivity contribution in [1.29, 1.82) is 0 Å². The third-order valence-corrected chi connectivity index (χ3v) is 11.1. The zero-order valence-corrected chi connectivity index (χ0v) is 24.4. The number of benzene rings is 1. The number of carboxylic acids is 1. The summed E-state index contributed by atoms with van der Waals surface area (Å²) in [6, 6.07) is 7.53. The Labute approximate surface area is 246 Å². The molecular formula is C23H21Cl2N5O7S3. The number of halogens is 2. The van der Waals surface area contributed by atoms with Gasteiger partial charge in [0.2, 0.25) is 0 Å². The second-order valence-corrected chi connectivity index (χ2v) is 14.1. The number of Topliss-reactive ketones (excluding diaryl/α,β-unsaturated/α-hetero) is 1. The summed E-state index contributed by atoms with van der Waals surface area (Å²) in [4.78, 5) is 43.4. The smallest absolute Gasteiger partial charge is 0.337 e. The van der Waals surface area contributed by atoms with Gasteiger partial charge in [0.1, 0.15) is 0 Å². The summed E-state index contributed by atoms with van der Waals surface area (Å²) in [5.74, 6) is -3.24. The van der Waals surface area contributed by atoms with E-state index in [2.05, 4.69) is 10.1 Å². The Bertz CT molecular complexity index is 1610. The molecule has 3 aromatic rings. The van der Waals surface area contributed by atoms with Crippen LogP contribution in [0.4, 0.5) is 0 Å². The van der Waals surface area contributed by atoms with Crippen molar-refractivity contribution in [2.24, 2.45) is 0 Å². The molecule has 0 bridgehead atoms. The number of thioether (sulfide) groups is 1. The molecule has 2 aliphatic rings. The van der Waals surface area contributed by atoms with E-state index in [4.69, 9.17) is 23.2 Å². The highest BCUT2D eigenvalue weighted by molar-refractivity contribution is 7.98. The molecule has 212 valence electrons. The van der Waals surface area contributed by atoms with Crippen LogP contribution in [0, 0.1) is 0 Å². The van der Waals surface area contributed by atoms with Crippen LogP contribution in [0.2, 0.25) is 9.36 Å². The highest BCUT2D eigenvalue weighted by Gasteiger charge is 2.44. The van der Waals surface area contributed by atoms with E-state index in [1.165, 1.54) is 29.5 Å². The number of carbonyl (C=O) groups excluding carboxylic acids is 2. The minimum absolute atomic E-state index is 0.0465. The summed E-state index contributed by atoms with van der Waals surface area (Å²) in [5.41, 5.74) is -0.400. The average Bonchev–Trinajstić information content (AvgIpc) is 3.69. The Morgan fingerprint density at radius 2 is 1.88 bits per heavy atom. The summed E-state index contributed by atoms with van der Waals surface area (Å²) in [5, 5.41) is 23.3. The van der Waals surface area contributed by atoms with Crippen LogP contribution in [0.5, 0.6) is 0 Å². The number of ketones is 1. The Morgan fingerprint density at radius 3 is 2.52 bits per heavy atom. The standard InChI is InChI=1S/C23H21Cl2N5O7S3/c24-18-5-4-13(39-18)11-38-23-26-20(27-30(23)21(33)14-2-1-3-15(19(14)25)22(34)35)16-9-29(10-17(16)32)40(36,37)28-7-6-12(31)8-28/h1-5,12,16,31H,6-11H2,(H,34,35). The van der Waals surface area contributed by atoms with E-state index in [0.717, 1.165) is 29.9 Å². The fraction of sp³-hybridized carbons (Fsp3) is 0.348. The van der Waals surface area contributed by atoms with Crippen molar-refractivity contribution in [3.63, 3.8) is 0 Å². The van der Waals surface area contributed by atoms with Gasteiger partial charge >= 0.3 is 5.97 Å². The molecule has 2 saturated heterocycles. The molecule has 2 aliphatic heterocycles. The lowest BCUT2D eigenvalue weighted by Gasteiger charge is -2.22. The minimum Gasteiger partial charge on any atom is -0.478 e. The fourth-order valence-corrected chi connectivity index (χ4v) is 8.37. The first-order valence-corrected chi connectivity index (χ1v) is 15.8. The van der Waals surface area contributed by atoms with Gasteiger partial charge in [-0.1, -0.05) is 41.0 Å². The second kappa shape index (κ2) is 11.5. The van der Waals surface area contributed by atoms with Crippen LogP contribution in [-0.2, 0) is 20.8 Å². The molecule has 0 aliphatic carbocycles. The molecule has 0 radical (unpaired) electrons. The number of carboxylic acid groups (broad SMARTS) is 1. The number of rotatable bonds is 8. The maximum absolute atomic E-state index is 13.5. The first-order valence-electron chi connectivity index (χ1n) is 11.8. The summed E-state index contributed by atoms with van der Waals surface area (Å²) in [6.45, 7) is -0.538. The lowest BCUT2D eigenvalue weighted by atomic mass is 10.1. The van der Waals surface area contributed by atoms with Crippen LogP contribution in [0.3, 0.4) is 0 Å². The number of aliphatic hydroxyl groups is 1. The number of aromatic nitrogens is 3. The van der Waals surface area contributed by atoms with Crippen molar-refractivity contribution < 1.29 is 33.0 Å². The van der Waals surface area contributed by atoms with Crippen LogP contribution < -0.4 is 0 Å². The van der Waals surface area contributed by atoms with Crippen LogP contribution in [0.15, 0.2) is 35.5 Å². The van der Waals surface area contributed by atoms with Crippen molar-refractivity contribution in [2.45, 2.75) is 29.4 Å². The Kier molecular flexibility index (Phi) is 8.37. The van der Waals surface area contributed by atoms with Gasteiger partial charge in [0.25, 0.3) is 16.1 Å². The Balaban J connectivity index is 1.47. The molecule has 0 saturated carbocycles. The lowest BCUT2D eigenvalue weighted by Crippen LogP contribution is -2.42. The van der Waals surface area contributed by atoms with Crippen molar-refractivity contribution in [1.82, 2.24) is 23.4 Å². The molecule has 2 N–H and O–H groups in total. The van der Waals surface area contributed by atoms with Crippen LogP contribution in [-0.4, -0.2) is 91.9 Å². The van der Waals surface area contributed by atoms with Crippen LogP contribution >= 0.6 is 46.3 Å². The van der Waals surface area contributed by atoms with Gasteiger partial charge in [-0.05, 0) is 30.7 Å². The van der Waals surface area contributed by atoms with Gasteiger partial charge in [0.05, 0.1) is 39.1 Å². The van der Waals surface area contributed by atoms with E-state index >= 15 is 0 Å². The minimum atomic E-state index is -4.00. The Morgan fingerprint density at radius 1 is 1.12 bits per heavy atom. The molecule has 17 heteroatoms. The highest BCUT2D eigenvalue weighted by atomic mass is 35.5. The number of β-amino-alcohol motifs (C(OH)–C–C–N with tert-alkyl or cyclic N) is 1. The van der Waals surface area contributed by atoms with E-state index in [1.54, 1.807) is 6.07 Å². The average molecular weight is 647 g/mol. The molecular weight excluding hydrogens is 625 g/mol. The fourth-order valence-electron chi connectivity index (χ4n) is 4.37. The number of aromatic carboxylic acids is 1. The van der Waals surface area contributed by atoms with Gasteiger partial charge in [-0.25, -0.2) is 9.78 Å². The van der Waals surface area contributed by atoms with E-state index in [1.807, 2.05) is 6.07 Å². The SMILES string of the molecule is O=C(O)c1cccc(C(=O)n2nc(C3CN(S(=O)(=O)N4CCC(O)C4)CC3=O)nc2SCc2ccc(Cl)s2)c1Cl. The molecule has 1 aromatic carbocycles.